The first-order valence-electron chi connectivity index (χ1n) is 5.54. The van der Waals surface area contributed by atoms with Crippen molar-refractivity contribution < 1.29 is 0 Å². The molecule has 2 aliphatic rings. The Kier molecular flexibility index (Phi) is 2.41. The van der Waals surface area contributed by atoms with Crippen LogP contribution in [0.25, 0.3) is 0 Å². The van der Waals surface area contributed by atoms with E-state index in [1.54, 1.807) is 0 Å². The number of nitrogens with zero attached hydrogens (tertiary/aromatic N) is 1. The largest absolute Gasteiger partial charge is 0.308 e. The molecule has 2 rings (SSSR count). The second-order valence-corrected chi connectivity index (χ2v) is 4.59. The van der Waals surface area contributed by atoms with Gasteiger partial charge in [-0.3, -0.25) is 4.90 Å². The number of rotatable bonds is 3. The average Bonchev–Trinajstić information content (AvgIpc) is 2.63. The molecular formula is C11H20N2. The predicted molar refractivity (Wildman–Crippen MR) is 55.3 cm³/mol. The number of fused-ring (bicyclic) bond motifs is 2. The summed E-state index contributed by atoms with van der Waals surface area (Å²) in [7, 11) is 0. The molecule has 0 aromatic carbocycles. The molecule has 1 saturated heterocycles. The summed E-state index contributed by atoms with van der Waals surface area (Å²) in [5.41, 5.74) is 0.889. The molecule has 2 heteroatoms. The third-order valence-electron chi connectivity index (χ3n) is 3.64. The highest BCUT2D eigenvalue weighted by atomic mass is 15.2. The fourth-order valence-corrected chi connectivity index (χ4v) is 3.26. The van der Waals surface area contributed by atoms with Gasteiger partial charge >= 0.3 is 0 Å². The summed E-state index contributed by atoms with van der Waals surface area (Å²) in [5, 5.41) is 7.81. The molecule has 0 aromatic heterocycles. The van der Waals surface area contributed by atoms with Gasteiger partial charge in [0.15, 0.2) is 0 Å². The van der Waals surface area contributed by atoms with E-state index in [0.717, 1.165) is 17.7 Å². The number of piperidine rings is 1. The molecule has 1 saturated carbocycles. The Morgan fingerprint density at radius 1 is 1.46 bits per heavy atom. The Morgan fingerprint density at radius 3 is 2.85 bits per heavy atom. The average molecular weight is 180 g/mol. The van der Waals surface area contributed by atoms with E-state index in [1.165, 1.54) is 32.2 Å². The molecule has 0 spiro atoms. The summed E-state index contributed by atoms with van der Waals surface area (Å²) >= 11 is 0. The van der Waals surface area contributed by atoms with E-state index < -0.39 is 0 Å². The number of nitrogens with one attached hydrogen (secondary N) is 1. The van der Waals surface area contributed by atoms with Crippen molar-refractivity contribution in [2.24, 2.45) is 5.92 Å². The van der Waals surface area contributed by atoms with Crippen LogP contribution in [0.3, 0.4) is 0 Å². The van der Waals surface area contributed by atoms with Crippen molar-refractivity contribution in [2.75, 3.05) is 6.54 Å². The maximum atomic E-state index is 7.81. The minimum Gasteiger partial charge on any atom is -0.308 e. The van der Waals surface area contributed by atoms with E-state index in [9.17, 15) is 0 Å². The van der Waals surface area contributed by atoms with Crippen LogP contribution < -0.4 is 0 Å². The van der Waals surface area contributed by atoms with Gasteiger partial charge < -0.3 is 5.41 Å². The van der Waals surface area contributed by atoms with Crippen LogP contribution in [0.1, 0.15) is 39.5 Å². The predicted octanol–water partition coefficient (Wildman–Crippen LogP) is 2.29. The first-order chi connectivity index (χ1) is 6.24. The highest BCUT2D eigenvalue weighted by Crippen LogP contribution is 2.42. The van der Waals surface area contributed by atoms with E-state index >= 15 is 0 Å². The lowest BCUT2D eigenvalue weighted by molar-refractivity contribution is 0.179. The molecule has 1 aliphatic heterocycles. The van der Waals surface area contributed by atoms with Gasteiger partial charge in [0.2, 0.25) is 0 Å². The number of hydrogen-bond acceptors (Lipinski definition) is 2. The molecule has 0 aromatic rings. The van der Waals surface area contributed by atoms with E-state index in [0.29, 0.717) is 6.04 Å². The lowest BCUT2D eigenvalue weighted by Gasteiger charge is -2.34. The smallest absolute Gasteiger partial charge is 0.0503 e. The van der Waals surface area contributed by atoms with Gasteiger partial charge in [-0.25, -0.2) is 0 Å². The summed E-state index contributed by atoms with van der Waals surface area (Å²) in [6, 6.07) is 1.31. The Hall–Kier alpha value is -0.370. The quantitative estimate of drug-likeness (QED) is 0.663. The Bertz CT molecular complexity index is 212. The molecule has 2 fully saturated rings. The van der Waals surface area contributed by atoms with Crippen molar-refractivity contribution in [3.63, 3.8) is 0 Å². The van der Waals surface area contributed by atoms with Crippen LogP contribution in [0.5, 0.6) is 0 Å². The highest BCUT2D eigenvalue weighted by molar-refractivity contribution is 5.85. The Morgan fingerprint density at radius 2 is 2.23 bits per heavy atom. The number of hydrogen-bond donors (Lipinski definition) is 1. The molecule has 2 bridgehead atoms. The molecule has 0 amide bonds. The van der Waals surface area contributed by atoms with E-state index in [2.05, 4.69) is 11.8 Å². The lowest BCUT2D eigenvalue weighted by atomic mass is 9.95. The van der Waals surface area contributed by atoms with Crippen molar-refractivity contribution >= 4 is 5.71 Å². The molecule has 74 valence electrons. The zero-order valence-corrected chi connectivity index (χ0v) is 8.71. The Labute approximate surface area is 80.8 Å². The minimum absolute atomic E-state index is 0.499. The molecule has 1 aliphatic carbocycles. The second-order valence-electron chi connectivity index (χ2n) is 4.59. The van der Waals surface area contributed by atoms with E-state index in [1.807, 2.05) is 6.92 Å². The Balaban J connectivity index is 2.10. The minimum atomic E-state index is 0.499. The molecule has 2 nitrogen and oxygen atoms in total. The van der Waals surface area contributed by atoms with Gasteiger partial charge in [-0.1, -0.05) is 6.92 Å². The zero-order valence-electron chi connectivity index (χ0n) is 8.71. The topological polar surface area (TPSA) is 27.1 Å². The first-order valence-corrected chi connectivity index (χ1v) is 5.54. The molecule has 0 unspecified atom stereocenters. The molecule has 1 N–H and O–H groups in total. The zero-order chi connectivity index (χ0) is 9.42. The van der Waals surface area contributed by atoms with Crippen molar-refractivity contribution in [3.05, 3.63) is 0 Å². The molecular weight excluding hydrogens is 160 g/mol. The maximum absolute atomic E-state index is 7.81. The van der Waals surface area contributed by atoms with E-state index in [-0.39, 0.29) is 0 Å². The molecule has 13 heavy (non-hydrogen) atoms. The summed E-state index contributed by atoms with van der Waals surface area (Å²) < 4.78 is 0. The van der Waals surface area contributed by atoms with Gasteiger partial charge in [0.1, 0.15) is 0 Å². The molecule has 3 atom stereocenters. The van der Waals surface area contributed by atoms with Crippen LogP contribution in [-0.4, -0.2) is 29.2 Å². The maximum Gasteiger partial charge on any atom is 0.0503 e. The molecule has 0 radical (unpaired) electrons. The van der Waals surface area contributed by atoms with Gasteiger partial charge in [-0.05, 0) is 45.1 Å². The fourth-order valence-electron chi connectivity index (χ4n) is 3.26. The normalized spacial score (nSPS) is 38.5. The van der Waals surface area contributed by atoms with Crippen LogP contribution in [0.2, 0.25) is 0 Å². The van der Waals surface area contributed by atoms with Crippen LogP contribution in [0.4, 0.5) is 0 Å². The summed E-state index contributed by atoms with van der Waals surface area (Å²) in [4.78, 5) is 2.58. The summed E-state index contributed by atoms with van der Waals surface area (Å²) in [6.07, 6.45) is 5.34. The van der Waals surface area contributed by atoms with Gasteiger partial charge in [0.05, 0.1) is 6.04 Å². The van der Waals surface area contributed by atoms with Crippen LogP contribution in [0.15, 0.2) is 0 Å². The van der Waals surface area contributed by atoms with Gasteiger partial charge in [0.25, 0.3) is 0 Å². The van der Waals surface area contributed by atoms with Gasteiger partial charge in [0, 0.05) is 11.8 Å². The first kappa shape index (κ1) is 9.20. The number of likely N-dealkylation sites (tertiary alicyclic amines) is 1. The van der Waals surface area contributed by atoms with Crippen molar-refractivity contribution in [2.45, 2.75) is 51.6 Å². The van der Waals surface area contributed by atoms with Crippen LogP contribution in [-0.2, 0) is 0 Å². The second kappa shape index (κ2) is 3.41. The highest BCUT2D eigenvalue weighted by Gasteiger charge is 2.45. The molecule has 1 heterocycles. The third-order valence-corrected chi connectivity index (χ3v) is 3.64. The standard InChI is InChI=1S/C11H20N2/c1-3-6-13-10-5-4-9(7-10)11(13)8(2)12/h9-12H,3-7H2,1-2H3/t9-,10+,11+/m0/s1. The monoisotopic (exact) mass is 180 g/mol. The summed E-state index contributed by atoms with van der Waals surface area (Å²) in [6.45, 7) is 5.42. The van der Waals surface area contributed by atoms with Gasteiger partial charge in [-0.15, -0.1) is 0 Å². The van der Waals surface area contributed by atoms with Crippen molar-refractivity contribution in [1.29, 1.82) is 5.41 Å². The fraction of sp³-hybridized carbons (Fsp3) is 0.909. The van der Waals surface area contributed by atoms with Crippen molar-refractivity contribution in [1.82, 2.24) is 4.90 Å². The van der Waals surface area contributed by atoms with E-state index in [4.69, 9.17) is 5.41 Å². The third kappa shape index (κ3) is 1.41. The SMILES string of the molecule is CCCN1[C@@H]2CC[C@@H](C2)[C@H]1C(C)=N. The van der Waals surface area contributed by atoms with Crippen molar-refractivity contribution in [3.8, 4) is 0 Å². The summed E-state index contributed by atoms with van der Waals surface area (Å²) in [5.74, 6) is 0.814. The van der Waals surface area contributed by atoms with Crippen LogP contribution >= 0.6 is 0 Å². The van der Waals surface area contributed by atoms with Gasteiger partial charge in [-0.2, -0.15) is 0 Å². The van der Waals surface area contributed by atoms with Crippen LogP contribution in [0, 0.1) is 11.3 Å². The lowest BCUT2D eigenvalue weighted by Crippen LogP contribution is -2.44.